The first kappa shape index (κ1) is 13.7. The molecular formula is C14H18N6O. The molecule has 0 radical (unpaired) electrons. The molecule has 1 amide bonds. The number of amides is 1. The molecule has 110 valence electrons. The number of hydrogen-bond acceptors (Lipinski definition) is 5. The summed E-state index contributed by atoms with van der Waals surface area (Å²) in [6, 6.07) is 7.72. The van der Waals surface area contributed by atoms with Gasteiger partial charge in [-0.25, -0.2) is 4.68 Å². The van der Waals surface area contributed by atoms with Crippen molar-refractivity contribution in [3.05, 3.63) is 36.2 Å². The molecule has 2 unspecified atom stereocenters. The molecule has 1 aromatic carbocycles. The molecule has 1 aliphatic rings. The van der Waals surface area contributed by atoms with Crippen molar-refractivity contribution >= 4 is 5.91 Å². The predicted octanol–water partition coefficient (Wildman–Crippen LogP) is 0.533. The SMILES string of the molecule is CC1NCCCC1NC(=O)c1ccc(-n2cnnn2)cc1. The fourth-order valence-electron chi connectivity index (χ4n) is 2.54. The van der Waals surface area contributed by atoms with Gasteiger partial charge in [0.15, 0.2) is 0 Å². The van der Waals surface area contributed by atoms with Crippen molar-refractivity contribution in [1.29, 1.82) is 0 Å². The summed E-state index contributed by atoms with van der Waals surface area (Å²) >= 11 is 0. The molecule has 2 atom stereocenters. The second-order valence-electron chi connectivity index (χ2n) is 5.27. The highest BCUT2D eigenvalue weighted by atomic mass is 16.1. The first-order valence-corrected chi connectivity index (χ1v) is 7.12. The number of nitrogens with zero attached hydrogens (tertiary/aromatic N) is 4. The Hall–Kier alpha value is -2.28. The van der Waals surface area contributed by atoms with E-state index in [2.05, 4.69) is 33.1 Å². The minimum absolute atomic E-state index is 0.0428. The molecule has 0 saturated carbocycles. The summed E-state index contributed by atoms with van der Waals surface area (Å²) in [5, 5.41) is 17.5. The number of carbonyl (C=O) groups is 1. The summed E-state index contributed by atoms with van der Waals surface area (Å²) in [7, 11) is 0. The van der Waals surface area contributed by atoms with E-state index in [4.69, 9.17) is 0 Å². The number of tetrazole rings is 1. The fourth-order valence-corrected chi connectivity index (χ4v) is 2.54. The molecule has 1 fully saturated rings. The fraction of sp³-hybridized carbons (Fsp3) is 0.429. The average molecular weight is 286 g/mol. The van der Waals surface area contributed by atoms with Crippen LogP contribution in [0.15, 0.2) is 30.6 Å². The second-order valence-corrected chi connectivity index (χ2v) is 5.27. The van der Waals surface area contributed by atoms with Crippen LogP contribution in [0.25, 0.3) is 5.69 Å². The van der Waals surface area contributed by atoms with Crippen molar-refractivity contribution in [2.75, 3.05) is 6.54 Å². The molecule has 2 heterocycles. The summed E-state index contributed by atoms with van der Waals surface area (Å²) < 4.78 is 1.55. The molecule has 1 aromatic heterocycles. The molecule has 21 heavy (non-hydrogen) atoms. The lowest BCUT2D eigenvalue weighted by atomic mass is 9.99. The van der Waals surface area contributed by atoms with E-state index < -0.39 is 0 Å². The largest absolute Gasteiger partial charge is 0.348 e. The Bertz CT molecular complexity index is 594. The Morgan fingerprint density at radius 2 is 2.19 bits per heavy atom. The molecule has 1 saturated heterocycles. The van der Waals surface area contributed by atoms with Gasteiger partial charge in [-0.1, -0.05) is 0 Å². The topological polar surface area (TPSA) is 84.7 Å². The lowest BCUT2D eigenvalue weighted by Crippen LogP contribution is -2.51. The van der Waals surface area contributed by atoms with Crippen molar-refractivity contribution in [2.45, 2.75) is 31.8 Å². The Kier molecular flexibility index (Phi) is 3.92. The Balaban J connectivity index is 1.67. The molecule has 3 rings (SSSR count). The van der Waals surface area contributed by atoms with E-state index in [0.717, 1.165) is 25.1 Å². The van der Waals surface area contributed by atoms with Crippen LogP contribution in [0.5, 0.6) is 0 Å². The maximum absolute atomic E-state index is 12.3. The molecule has 0 bridgehead atoms. The van der Waals surface area contributed by atoms with Crippen LogP contribution in [-0.4, -0.2) is 44.7 Å². The Morgan fingerprint density at radius 3 is 2.86 bits per heavy atom. The van der Waals surface area contributed by atoms with Gasteiger partial charge in [-0.3, -0.25) is 4.79 Å². The van der Waals surface area contributed by atoms with E-state index in [1.807, 2.05) is 12.1 Å². The van der Waals surface area contributed by atoms with E-state index in [1.165, 1.54) is 6.33 Å². The standard InChI is InChI=1S/C14H18N6O/c1-10-13(3-2-8-15-10)17-14(21)11-4-6-12(7-5-11)20-9-16-18-19-20/h4-7,9-10,13,15H,2-3,8H2,1H3,(H,17,21). The lowest BCUT2D eigenvalue weighted by molar-refractivity contribution is 0.0920. The monoisotopic (exact) mass is 286 g/mol. The van der Waals surface area contributed by atoms with Gasteiger partial charge in [0.25, 0.3) is 5.91 Å². The minimum Gasteiger partial charge on any atom is -0.348 e. The molecule has 2 aromatic rings. The number of hydrogen-bond donors (Lipinski definition) is 2. The number of rotatable bonds is 3. The van der Waals surface area contributed by atoms with Crippen LogP contribution in [-0.2, 0) is 0 Å². The van der Waals surface area contributed by atoms with Gasteiger partial charge < -0.3 is 10.6 Å². The van der Waals surface area contributed by atoms with Crippen LogP contribution >= 0.6 is 0 Å². The highest BCUT2D eigenvalue weighted by Gasteiger charge is 2.22. The van der Waals surface area contributed by atoms with Crippen molar-refractivity contribution < 1.29 is 4.79 Å². The normalized spacial score (nSPS) is 22.0. The Morgan fingerprint density at radius 1 is 1.38 bits per heavy atom. The number of aromatic nitrogens is 4. The quantitative estimate of drug-likeness (QED) is 0.860. The van der Waals surface area contributed by atoms with Crippen LogP contribution in [0, 0.1) is 0 Å². The third kappa shape index (κ3) is 3.08. The van der Waals surface area contributed by atoms with Gasteiger partial charge >= 0.3 is 0 Å². The minimum atomic E-state index is -0.0428. The highest BCUT2D eigenvalue weighted by Crippen LogP contribution is 2.11. The number of piperidine rings is 1. The molecule has 2 N–H and O–H groups in total. The Labute approximate surface area is 122 Å². The van der Waals surface area contributed by atoms with E-state index in [1.54, 1.807) is 16.8 Å². The summed E-state index contributed by atoms with van der Waals surface area (Å²) in [6.45, 7) is 3.12. The van der Waals surface area contributed by atoms with E-state index in [-0.39, 0.29) is 11.9 Å². The van der Waals surface area contributed by atoms with Gasteiger partial charge in [0.1, 0.15) is 6.33 Å². The van der Waals surface area contributed by atoms with Gasteiger partial charge in [0.2, 0.25) is 0 Å². The zero-order valence-electron chi connectivity index (χ0n) is 11.9. The van der Waals surface area contributed by atoms with Crippen molar-refractivity contribution in [3.63, 3.8) is 0 Å². The van der Waals surface area contributed by atoms with Gasteiger partial charge in [-0.2, -0.15) is 0 Å². The number of benzene rings is 1. The van der Waals surface area contributed by atoms with Crippen molar-refractivity contribution in [3.8, 4) is 5.69 Å². The second kappa shape index (κ2) is 6.01. The predicted molar refractivity (Wildman–Crippen MR) is 77.1 cm³/mol. The van der Waals surface area contributed by atoms with Crippen LogP contribution in [0.2, 0.25) is 0 Å². The zero-order valence-corrected chi connectivity index (χ0v) is 11.9. The first-order chi connectivity index (χ1) is 10.2. The third-order valence-electron chi connectivity index (χ3n) is 3.82. The van der Waals surface area contributed by atoms with Crippen LogP contribution in [0.4, 0.5) is 0 Å². The van der Waals surface area contributed by atoms with Crippen LogP contribution in [0.3, 0.4) is 0 Å². The summed E-state index contributed by atoms with van der Waals surface area (Å²) in [5.41, 5.74) is 1.47. The van der Waals surface area contributed by atoms with Crippen LogP contribution in [0.1, 0.15) is 30.1 Å². The van der Waals surface area contributed by atoms with Gasteiger partial charge in [-0.05, 0) is 61.0 Å². The average Bonchev–Trinajstić information content (AvgIpc) is 3.04. The number of nitrogens with one attached hydrogen (secondary N) is 2. The molecule has 0 aliphatic carbocycles. The number of carbonyl (C=O) groups excluding carboxylic acids is 1. The maximum Gasteiger partial charge on any atom is 0.251 e. The zero-order chi connectivity index (χ0) is 14.7. The van der Waals surface area contributed by atoms with Gasteiger partial charge in [-0.15, -0.1) is 5.10 Å². The van der Waals surface area contributed by atoms with Crippen molar-refractivity contribution in [1.82, 2.24) is 30.8 Å². The summed E-state index contributed by atoms with van der Waals surface area (Å²) in [6.07, 6.45) is 3.63. The van der Waals surface area contributed by atoms with Crippen molar-refractivity contribution in [2.24, 2.45) is 0 Å². The van der Waals surface area contributed by atoms with E-state index >= 15 is 0 Å². The van der Waals surface area contributed by atoms with E-state index in [9.17, 15) is 4.79 Å². The lowest BCUT2D eigenvalue weighted by Gasteiger charge is -2.30. The van der Waals surface area contributed by atoms with Gasteiger partial charge in [0.05, 0.1) is 5.69 Å². The van der Waals surface area contributed by atoms with Crippen LogP contribution < -0.4 is 10.6 Å². The third-order valence-corrected chi connectivity index (χ3v) is 3.82. The first-order valence-electron chi connectivity index (χ1n) is 7.12. The highest BCUT2D eigenvalue weighted by molar-refractivity contribution is 5.94. The molecule has 7 nitrogen and oxygen atoms in total. The maximum atomic E-state index is 12.3. The smallest absolute Gasteiger partial charge is 0.251 e. The summed E-state index contributed by atoms with van der Waals surface area (Å²) in [5.74, 6) is -0.0428. The van der Waals surface area contributed by atoms with Gasteiger partial charge in [0, 0.05) is 17.6 Å². The molecule has 7 heteroatoms. The molecule has 0 spiro atoms. The molecule has 1 aliphatic heterocycles. The summed E-state index contributed by atoms with van der Waals surface area (Å²) in [4.78, 5) is 12.3. The molecular weight excluding hydrogens is 268 g/mol. The van der Waals surface area contributed by atoms with E-state index in [0.29, 0.717) is 11.6 Å².